The molecule has 2 aromatic carbocycles. The second-order valence-corrected chi connectivity index (χ2v) is 7.94. The molecule has 0 radical (unpaired) electrons. The standard InChI is InChI=1S/C24H29N3O2/c1-15(2)18-9-7-10-19(16(3)4)22(18)27-24(29)23(28)25-13-12-17-14-26-21-11-6-5-8-20(17)21/h5-11,14-16,26H,12-13H2,1-4H3,(H,25,28)(H,27,29). The highest BCUT2D eigenvalue weighted by Crippen LogP contribution is 2.32. The highest BCUT2D eigenvalue weighted by Gasteiger charge is 2.19. The van der Waals surface area contributed by atoms with Gasteiger partial charge in [0, 0.05) is 29.3 Å². The lowest BCUT2D eigenvalue weighted by Gasteiger charge is -2.20. The lowest BCUT2D eigenvalue weighted by Crippen LogP contribution is -2.37. The number of nitrogens with one attached hydrogen (secondary N) is 3. The number of fused-ring (bicyclic) bond motifs is 1. The summed E-state index contributed by atoms with van der Waals surface area (Å²) in [5, 5.41) is 6.73. The van der Waals surface area contributed by atoms with Crippen LogP contribution in [0.25, 0.3) is 10.9 Å². The number of aromatic amines is 1. The number of carbonyl (C=O) groups is 2. The van der Waals surface area contributed by atoms with Gasteiger partial charge in [0.1, 0.15) is 0 Å². The number of benzene rings is 2. The Hall–Kier alpha value is -3.08. The van der Waals surface area contributed by atoms with Gasteiger partial charge in [-0.25, -0.2) is 0 Å². The first-order chi connectivity index (χ1) is 13.9. The van der Waals surface area contributed by atoms with Crippen molar-refractivity contribution in [3.05, 3.63) is 65.4 Å². The van der Waals surface area contributed by atoms with Crippen molar-refractivity contribution in [2.75, 3.05) is 11.9 Å². The molecular weight excluding hydrogens is 362 g/mol. The van der Waals surface area contributed by atoms with Gasteiger partial charge in [-0.05, 0) is 41.0 Å². The van der Waals surface area contributed by atoms with Crippen molar-refractivity contribution in [1.29, 1.82) is 0 Å². The van der Waals surface area contributed by atoms with E-state index in [0.29, 0.717) is 13.0 Å². The zero-order chi connectivity index (χ0) is 21.0. The van der Waals surface area contributed by atoms with Gasteiger partial charge in [0.2, 0.25) is 0 Å². The van der Waals surface area contributed by atoms with Crippen LogP contribution in [-0.2, 0) is 16.0 Å². The monoisotopic (exact) mass is 391 g/mol. The average Bonchev–Trinajstić information content (AvgIpc) is 3.10. The highest BCUT2D eigenvalue weighted by molar-refractivity contribution is 6.39. The van der Waals surface area contributed by atoms with E-state index in [9.17, 15) is 9.59 Å². The molecule has 0 aliphatic rings. The van der Waals surface area contributed by atoms with Crippen LogP contribution in [0.4, 0.5) is 5.69 Å². The minimum Gasteiger partial charge on any atom is -0.361 e. The van der Waals surface area contributed by atoms with E-state index in [2.05, 4.69) is 43.3 Å². The van der Waals surface area contributed by atoms with Crippen molar-refractivity contribution in [2.24, 2.45) is 0 Å². The smallest absolute Gasteiger partial charge is 0.313 e. The van der Waals surface area contributed by atoms with Crippen LogP contribution < -0.4 is 10.6 Å². The molecule has 3 rings (SSSR count). The average molecular weight is 392 g/mol. The summed E-state index contributed by atoms with van der Waals surface area (Å²) >= 11 is 0. The highest BCUT2D eigenvalue weighted by atomic mass is 16.2. The van der Waals surface area contributed by atoms with E-state index in [-0.39, 0.29) is 11.8 Å². The Labute approximate surface area is 171 Å². The number of anilines is 1. The van der Waals surface area contributed by atoms with E-state index in [1.54, 1.807) is 0 Å². The fourth-order valence-electron chi connectivity index (χ4n) is 3.60. The lowest BCUT2D eigenvalue weighted by atomic mass is 9.92. The third-order valence-corrected chi connectivity index (χ3v) is 5.17. The van der Waals surface area contributed by atoms with E-state index in [1.165, 1.54) is 0 Å². The molecule has 0 fully saturated rings. The van der Waals surface area contributed by atoms with Gasteiger partial charge in [-0.15, -0.1) is 0 Å². The number of rotatable bonds is 6. The Kier molecular flexibility index (Phi) is 6.37. The van der Waals surface area contributed by atoms with Gasteiger partial charge in [-0.3, -0.25) is 9.59 Å². The SMILES string of the molecule is CC(C)c1cccc(C(C)C)c1NC(=O)C(=O)NCCc1c[nH]c2ccccc12. The molecule has 3 aromatic rings. The number of amides is 2. The maximum absolute atomic E-state index is 12.5. The Balaban J connectivity index is 1.65. The van der Waals surface area contributed by atoms with Crippen molar-refractivity contribution < 1.29 is 9.59 Å². The maximum atomic E-state index is 12.5. The first kappa shape index (κ1) is 20.6. The Morgan fingerprint density at radius 2 is 1.55 bits per heavy atom. The van der Waals surface area contributed by atoms with Crippen molar-refractivity contribution in [1.82, 2.24) is 10.3 Å². The van der Waals surface area contributed by atoms with Gasteiger partial charge in [-0.1, -0.05) is 64.1 Å². The first-order valence-corrected chi connectivity index (χ1v) is 10.2. The van der Waals surface area contributed by atoms with Gasteiger partial charge >= 0.3 is 11.8 Å². The Morgan fingerprint density at radius 1 is 0.897 bits per heavy atom. The number of para-hydroxylation sites is 2. The molecule has 0 atom stereocenters. The quantitative estimate of drug-likeness (QED) is 0.532. The summed E-state index contributed by atoms with van der Waals surface area (Å²) in [6.45, 7) is 8.72. The van der Waals surface area contributed by atoms with Crippen LogP contribution in [0.15, 0.2) is 48.7 Å². The molecule has 152 valence electrons. The van der Waals surface area contributed by atoms with Crippen molar-refractivity contribution >= 4 is 28.4 Å². The van der Waals surface area contributed by atoms with Gasteiger partial charge in [-0.2, -0.15) is 0 Å². The number of hydrogen-bond acceptors (Lipinski definition) is 2. The van der Waals surface area contributed by atoms with E-state index in [1.807, 2.05) is 48.7 Å². The third-order valence-electron chi connectivity index (χ3n) is 5.17. The normalized spacial score (nSPS) is 11.2. The zero-order valence-electron chi connectivity index (χ0n) is 17.5. The third kappa shape index (κ3) is 4.67. The Bertz CT molecular complexity index is 992. The van der Waals surface area contributed by atoms with Gasteiger partial charge in [0.15, 0.2) is 0 Å². The summed E-state index contributed by atoms with van der Waals surface area (Å²) in [4.78, 5) is 28.1. The predicted molar refractivity (Wildman–Crippen MR) is 118 cm³/mol. The molecule has 29 heavy (non-hydrogen) atoms. The molecule has 0 aliphatic heterocycles. The van der Waals surface area contributed by atoms with Crippen LogP contribution in [0.3, 0.4) is 0 Å². The summed E-state index contributed by atoms with van der Waals surface area (Å²) < 4.78 is 0. The number of aromatic nitrogens is 1. The number of H-pyrrole nitrogens is 1. The summed E-state index contributed by atoms with van der Waals surface area (Å²) in [5.41, 5.74) is 5.02. The minimum atomic E-state index is -0.626. The van der Waals surface area contributed by atoms with E-state index in [4.69, 9.17) is 0 Å². The van der Waals surface area contributed by atoms with Crippen LogP contribution in [0, 0.1) is 0 Å². The molecule has 0 aliphatic carbocycles. The largest absolute Gasteiger partial charge is 0.361 e. The van der Waals surface area contributed by atoms with Gasteiger partial charge < -0.3 is 15.6 Å². The summed E-state index contributed by atoms with van der Waals surface area (Å²) in [6.07, 6.45) is 2.60. The van der Waals surface area contributed by atoms with Crippen molar-refractivity contribution in [3.63, 3.8) is 0 Å². The van der Waals surface area contributed by atoms with Crippen LogP contribution in [0.5, 0.6) is 0 Å². The molecule has 0 spiro atoms. The van der Waals surface area contributed by atoms with Crippen LogP contribution in [-0.4, -0.2) is 23.3 Å². The Morgan fingerprint density at radius 3 is 2.21 bits per heavy atom. The zero-order valence-corrected chi connectivity index (χ0v) is 17.5. The minimum absolute atomic E-state index is 0.244. The molecule has 5 heteroatoms. The first-order valence-electron chi connectivity index (χ1n) is 10.2. The summed E-state index contributed by atoms with van der Waals surface area (Å²) in [6, 6.07) is 14.0. The fraction of sp³-hybridized carbons (Fsp3) is 0.333. The summed E-state index contributed by atoms with van der Waals surface area (Å²) in [7, 11) is 0. The fourth-order valence-corrected chi connectivity index (χ4v) is 3.60. The predicted octanol–water partition coefficient (Wildman–Crippen LogP) is 4.71. The topological polar surface area (TPSA) is 74.0 Å². The molecule has 5 nitrogen and oxygen atoms in total. The van der Waals surface area contributed by atoms with Crippen LogP contribution >= 0.6 is 0 Å². The number of hydrogen-bond donors (Lipinski definition) is 3. The van der Waals surface area contributed by atoms with Gasteiger partial charge in [0.25, 0.3) is 0 Å². The van der Waals surface area contributed by atoms with Crippen molar-refractivity contribution in [3.8, 4) is 0 Å². The molecule has 1 aromatic heterocycles. The molecular formula is C24H29N3O2. The van der Waals surface area contributed by atoms with E-state index in [0.717, 1.165) is 33.3 Å². The lowest BCUT2D eigenvalue weighted by molar-refractivity contribution is -0.136. The second-order valence-electron chi connectivity index (χ2n) is 7.94. The van der Waals surface area contributed by atoms with Crippen molar-refractivity contribution in [2.45, 2.75) is 46.0 Å². The number of carbonyl (C=O) groups excluding carboxylic acids is 2. The molecule has 0 bridgehead atoms. The van der Waals surface area contributed by atoms with E-state index >= 15 is 0 Å². The van der Waals surface area contributed by atoms with Gasteiger partial charge in [0.05, 0.1) is 0 Å². The second kappa shape index (κ2) is 8.95. The molecule has 0 saturated carbocycles. The molecule has 2 amide bonds. The van der Waals surface area contributed by atoms with Crippen LogP contribution in [0.1, 0.15) is 56.2 Å². The van der Waals surface area contributed by atoms with Crippen LogP contribution in [0.2, 0.25) is 0 Å². The molecule has 3 N–H and O–H groups in total. The maximum Gasteiger partial charge on any atom is 0.313 e. The molecule has 1 heterocycles. The molecule has 0 unspecified atom stereocenters. The molecule has 0 saturated heterocycles. The van der Waals surface area contributed by atoms with E-state index < -0.39 is 11.8 Å². The summed E-state index contributed by atoms with van der Waals surface area (Å²) in [5.74, 6) is -0.750.